The average Bonchev–Trinajstić information content (AvgIpc) is 2.81. The van der Waals surface area contributed by atoms with E-state index in [0.29, 0.717) is 18.0 Å². The van der Waals surface area contributed by atoms with E-state index in [2.05, 4.69) is 9.98 Å². The van der Waals surface area contributed by atoms with E-state index in [0.717, 1.165) is 33.2 Å². The highest BCUT2D eigenvalue weighted by Gasteiger charge is 2.20. The van der Waals surface area contributed by atoms with E-state index < -0.39 is 7.25 Å². The van der Waals surface area contributed by atoms with Crippen LogP contribution in [0.25, 0.3) is 22.3 Å². The normalized spacial score (nSPS) is 11.6. The summed E-state index contributed by atoms with van der Waals surface area (Å²) in [6, 6.07) is 19.7. The fraction of sp³-hybridized carbons (Fsp3) is 0.130. The van der Waals surface area contributed by atoms with Crippen molar-refractivity contribution >= 4 is 18.2 Å². The molecule has 1 N–H and O–H groups in total. The highest BCUT2D eigenvalue weighted by molar-refractivity contribution is 6.50. The summed E-state index contributed by atoms with van der Waals surface area (Å²) < 4.78 is 55.9. The number of pyridine rings is 1. The molecule has 0 saturated heterocycles. The Labute approximate surface area is 187 Å². The van der Waals surface area contributed by atoms with Crippen molar-refractivity contribution in [2.45, 2.75) is 6.54 Å². The summed E-state index contributed by atoms with van der Waals surface area (Å²) in [5.74, 6) is 2.09. The van der Waals surface area contributed by atoms with Crippen LogP contribution in [0.3, 0.4) is 0 Å². The zero-order chi connectivity index (χ0) is 23.8. The Kier molecular flexibility index (Phi) is 7.71. The third-order valence-corrected chi connectivity index (χ3v) is 4.55. The molecule has 4 rings (SSSR count). The molecule has 0 bridgehead atoms. The maximum absolute atomic E-state index is 9.75. The molecule has 0 amide bonds. The van der Waals surface area contributed by atoms with Crippen molar-refractivity contribution in [2.24, 2.45) is 0 Å². The minimum Gasteiger partial charge on any atom is -0.493 e. The van der Waals surface area contributed by atoms with Crippen LogP contribution in [0.5, 0.6) is 11.5 Å². The number of aromatic nitrogens is 1. The quantitative estimate of drug-likeness (QED) is 0.362. The monoisotopic (exact) mass is 460 g/mol. The molecule has 33 heavy (non-hydrogen) atoms. The summed E-state index contributed by atoms with van der Waals surface area (Å²) >= 11 is 0. The molecule has 0 saturated carbocycles. The minimum atomic E-state index is -6.00. The number of methoxy groups -OCH3 is 2. The van der Waals surface area contributed by atoms with Gasteiger partial charge >= 0.3 is 7.25 Å². The van der Waals surface area contributed by atoms with Gasteiger partial charge in [-0.05, 0) is 42.5 Å². The SMILES string of the molecule is COc1ccc(-c2cc(=[NH+]Cc3cccnc3)c3ccccc3o2)cc1OC.F[B-](F)(F)F. The van der Waals surface area contributed by atoms with Gasteiger partial charge in [-0.2, -0.15) is 0 Å². The largest absolute Gasteiger partial charge is 0.673 e. The second-order valence-electron chi connectivity index (χ2n) is 6.80. The molecule has 0 fully saturated rings. The first kappa shape index (κ1) is 23.8. The lowest BCUT2D eigenvalue weighted by Gasteiger charge is -2.09. The lowest BCUT2D eigenvalue weighted by Crippen LogP contribution is -2.75. The Balaban J connectivity index is 0.000000555. The van der Waals surface area contributed by atoms with Gasteiger partial charge in [0.2, 0.25) is 5.36 Å². The first-order valence-corrected chi connectivity index (χ1v) is 9.87. The Morgan fingerprint density at radius 1 is 0.909 bits per heavy atom. The number of hydrogen-bond donors (Lipinski definition) is 1. The number of rotatable bonds is 5. The first-order valence-electron chi connectivity index (χ1n) is 9.87. The van der Waals surface area contributed by atoms with Crippen LogP contribution >= 0.6 is 0 Å². The van der Waals surface area contributed by atoms with Crippen LogP contribution in [-0.2, 0) is 6.54 Å². The molecule has 0 aliphatic carbocycles. The Bertz CT molecular complexity index is 1270. The molecule has 0 unspecified atom stereocenters. The van der Waals surface area contributed by atoms with E-state index in [-0.39, 0.29) is 0 Å². The van der Waals surface area contributed by atoms with Gasteiger partial charge in [0.25, 0.3) is 0 Å². The fourth-order valence-corrected chi connectivity index (χ4v) is 3.11. The third kappa shape index (κ3) is 6.83. The van der Waals surface area contributed by atoms with Crippen molar-refractivity contribution in [1.29, 1.82) is 0 Å². The van der Waals surface area contributed by atoms with Crippen LogP contribution in [0.15, 0.2) is 77.5 Å². The lowest BCUT2D eigenvalue weighted by atomic mass is 10.1. The number of hydrogen-bond acceptors (Lipinski definition) is 4. The third-order valence-electron chi connectivity index (χ3n) is 4.55. The maximum atomic E-state index is 9.75. The van der Waals surface area contributed by atoms with Gasteiger partial charge in [-0.1, -0.05) is 12.1 Å². The Morgan fingerprint density at radius 3 is 2.30 bits per heavy atom. The van der Waals surface area contributed by atoms with E-state index in [1.54, 1.807) is 20.4 Å². The van der Waals surface area contributed by atoms with Gasteiger partial charge in [0.1, 0.15) is 11.3 Å². The summed E-state index contributed by atoms with van der Waals surface area (Å²) in [6.07, 6.45) is 3.63. The fourth-order valence-electron chi connectivity index (χ4n) is 3.11. The number of fused-ring (bicyclic) bond motifs is 1. The van der Waals surface area contributed by atoms with Gasteiger partial charge in [0.05, 0.1) is 25.7 Å². The van der Waals surface area contributed by atoms with Crippen LogP contribution in [0, 0.1) is 0 Å². The zero-order valence-corrected chi connectivity index (χ0v) is 17.9. The van der Waals surface area contributed by atoms with Gasteiger partial charge in [0, 0.05) is 23.5 Å². The maximum Gasteiger partial charge on any atom is 0.673 e. The van der Waals surface area contributed by atoms with Crippen molar-refractivity contribution in [3.05, 3.63) is 84.0 Å². The van der Waals surface area contributed by atoms with Gasteiger partial charge in [-0.3, -0.25) is 4.98 Å². The minimum absolute atomic E-state index is 0.660. The van der Waals surface area contributed by atoms with Crippen LogP contribution < -0.4 is 19.8 Å². The average molecular weight is 460 g/mol. The number of benzene rings is 2. The molecule has 2 heterocycles. The summed E-state index contributed by atoms with van der Waals surface area (Å²) in [5.41, 5.74) is 2.83. The molecule has 0 radical (unpaired) electrons. The van der Waals surface area contributed by atoms with Crippen LogP contribution in [-0.4, -0.2) is 26.5 Å². The van der Waals surface area contributed by atoms with E-state index in [1.165, 1.54) is 0 Å². The van der Waals surface area contributed by atoms with E-state index in [4.69, 9.17) is 13.9 Å². The molecule has 0 aliphatic heterocycles. The predicted octanol–water partition coefficient (Wildman–Crippen LogP) is 3.99. The highest BCUT2D eigenvalue weighted by Crippen LogP contribution is 2.32. The van der Waals surface area contributed by atoms with E-state index >= 15 is 0 Å². The van der Waals surface area contributed by atoms with Crippen LogP contribution in [0.2, 0.25) is 0 Å². The molecular formula is C23H21BF4N2O3. The molecule has 10 heteroatoms. The molecule has 2 aromatic heterocycles. The molecule has 4 aromatic rings. The molecule has 2 aromatic carbocycles. The Morgan fingerprint density at radius 2 is 1.64 bits per heavy atom. The van der Waals surface area contributed by atoms with E-state index in [1.807, 2.05) is 66.9 Å². The number of ether oxygens (including phenoxy) is 2. The molecule has 0 aliphatic rings. The lowest BCUT2D eigenvalue weighted by molar-refractivity contribution is -0.516. The van der Waals surface area contributed by atoms with Crippen molar-refractivity contribution in [2.75, 3.05) is 14.2 Å². The van der Waals surface area contributed by atoms with Crippen molar-refractivity contribution in [1.82, 2.24) is 4.98 Å². The second kappa shape index (κ2) is 10.7. The molecule has 172 valence electrons. The van der Waals surface area contributed by atoms with Gasteiger partial charge in [-0.15, -0.1) is 0 Å². The predicted molar refractivity (Wildman–Crippen MR) is 117 cm³/mol. The van der Waals surface area contributed by atoms with Gasteiger partial charge in [-0.25, -0.2) is 4.99 Å². The smallest absolute Gasteiger partial charge is 0.493 e. The van der Waals surface area contributed by atoms with E-state index in [9.17, 15) is 17.3 Å². The summed E-state index contributed by atoms with van der Waals surface area (Å²) in [4.78, 5) is 7.68. The number of nitrogens with zero attached hydrogens (tertiary/aromatic N) is 1. The second-order valence-corrected chi connectivity index (χ2v) is 6.80. The van der Waals surface area contributed by atoms with Crippen molar-refractivity contribution in [3.8, 4) is 22.8 Å². The van der Waals surface area contributed by atoms with Gasteiger partial charge < -0.3 is 31.2 Å². The highest BCUT2D eigenvalue weighted by atomic mass is 19.5. The van der Waals surface area contributed by atoms with Crippen molar-refractivity contribution in [3.63, 3.8) is 0 Å². The molecular weight excluding hydrogens is 439 g/mol. The molecule has 0 atom stereocenters. The van der Waals surface area contributed by atoms with Gasteiger partial charge in [0.15, 0.2) is 18.0 Å². The standard InChI is InChI=1S/C23H20N2O3.BF4/c1-26-21-10-9-17(12-23(21)27-2)22-13-19(18-7-3-4-8-20(18)28-22)25-15-16-6-5-11-24-14-16;2-1(3,4)5/h3-14H,15H2,1-2H3;/q;-1/p+1. The number of para-hydroxylation sites is 1. The molecule has 5 nitrogen and oxygen atoms in total. The van der Waals surface area contributed by atoms with Crippen LogP contribution in [0.1, 0.15) is 5.56 Å². The summed E-state index contributed by atoms with van der Waals surface area (Å²) in [7, 11) is -2.75. The summed E-state index contributed by atoms with van der Waals surface area (Å²) in [5, 5.41) is 2.02. The topological polar surface area (TPSA) is 58.5 Å². The van der Waals surface area contributed by atoms with Crippen LogP contribution in [0.4, 0.5) is 17.3 Å². The summed E-state index contributed by atoms with van der Waals surface area (Å²) in [6.45, 7) is 0.674. The number of halogens is 4. The zero-order valence-electron chi connectivity index (χ0n) is 17.9. The first-order chi connectivity index (χ1) is 15.8. The van der Waals surface area contributed by atoms with Crippen molar-refractivity contribution < 1.29 is 36.1 Å². The molecule has 0 spiro atoms. The number of nitrogens with one attached hydrogen (secondary N) is 1. The Hall–Kier alpha value is -3.82.